The number of benzene rings is 3. The summed E-state index contributed by atoms with van der Waals surface area (Å²) in [7, 11) is 3.04. The molecule has 0 bridgehead atoms. The number of ether oxygens (including phenoxy) is 5. The number of nitrogens with two attached hydrogens (primary N) is 1. The SMILES string of the molecule is COCCOc1c(OC(=O)CC(c2ccccc2)c2ccccc2)cc(ON)c(O)c1OCCOC. The standard InChI is InChI=1S/C27H31NO8/c1-31-13-15-33-26-23(18-22(36-28)25(30)27(26)34-16-14-32-2)35-24(29)17-21(19-9-5-3-6-10-19)20-11-7-4-8-12-20/h3-12,18,21,30H,13-17,28H2,1-2H3. The number of hydrogen-bond donors (Lipinski definition) is 2. The van der Waals surface area contributed by atoms with Crippen molar-refractivity contribution in [3.05, 3.63) is 77.9 Å². The van der Waals surface area contributed by atoms with Gasteiger partial charge < -0.3 is 33.6 Å². The Balaban J connectivity index is 1.93. The van der Waals surface area contributed by atoms with Gasteiger partial charge in [-0.15, -0.1) is 0 Å². The van der Waals surface area contributed by atoms with Gasteiger partial charge in [0, 0.05) is 26.2 Å². The Morgan fingerprint density at radius 2 is 1.33 bits per heavy atom. The van der Waals surface area contributed by atoms with E-state index in [4.69, 9.17) is 34.4 Å². The van der Waals surface area contributed by atoms with Gasteiger partial charge in [-0.25, -0.2) is 0 Å². The predicted molar refractivity (Wildman–Crippen MR) is 133 cm³/mol. The molecule has 3 aromatic carbocycles. The molecule has 9 nitrogen and oxygen atoms in total. The van der Waals surface area contributed by atoms with E-state index in [1.165, 1.54) is 20.3 Å². The van der Waals surface area contributed by atoms with Crippen LogP contribution in [0.3, 0.4) is 0 Å². The molecule has 36 heavy (non-hydrogen) atoms. The summed E-state index contributed by atoms with van der Waals surface area (Å²) in [6.45, 7) is 0.706. The highest BCUT2D eigenvalue weighted by molar-refractivity contribution is 5.77. The van der Waals surface area contributed by atoms with Crippen LogP contribution in [0.5, 0.6) is 28.7 Å². The summed E-state index contributed by atoms with van der Waals surface area (Å²) in [5.74, 6) is 3.95. The number of esters is 1. The predicted octanol–water partition coefficient (Wildman–Crippen LogP) is 3.82. The van der Waals surface area contributed by atoms with Gasteiger partial charge in [-0.2, -0.15) is 5.90 Å². The summed E-state index contributed by atoms with van der Waals surface area (Å²) < 4.78 is 27.2. The van der Waals surface area contributed by atoms with Crippen molar-refractivity contribution in [3.63, 3.8) is 0 Å². The first-order valence-corrected chi connectivity index (χ1v) is 11.4. The van der Waals surface area contributed by atoms with Gasteiger partial charge in [-0.1, -0.05) is 60.7 Å². The average molecular weight is 498 g/mol. The molecule has 0 unspecified atom stereocenters. The fourth-order valence-electron chi connectivity index (χ4n) is 3.60. The molecule has 0 spiro atoms. The maximum absolute atomic E-state index is 13.2. The van der Waals surface area contributed by atoms with Crippen LogP contribution in [0.15, 0.2) is 66.7 Å². The summed E-state index contributed by atoms with van der Waals surface area (Å²) in [5, 5.41) is 10.6. The third-order valence-electron chi connectivity index (χ3n) is 5.33. The first kappa shape index (κ1) is 26.8. The van der Waals surface area contributed by atoms with Crippen molar-refractivity contribution < 1.29 is 38.4 Å². The van der Waals surface area contributed by atoms with E-state index in [0.29, 0.717) is 0 Å². The van der Waals surface area contributed by atoms with Crippen molar-refractivity contribution in [1.82, 2.24) is 0 Å². The quantitative estimate of drug-likeness (QED) is 0.148. The van der Waals surface area contributed by atoms with Crippen molar-refractivity contribution in [2.45, 2.75) is 12.3 Å². The molecule has 0 atom stereocenters. The van der Waals surface area contributed by atoms with E-state index in [9.17, 15) is 9.90 Å². The monoisotopic (exact) mass is 497 g/mol. The normalized spacial score (nSPS) is 10.8. The van der Waals surface area contributed by atoms with Crippen LogP contribution >= 0.6 is 0 Å². The number of rotatable bonds is 14. The second kappa shape index (κ2) is 13.9. The van der Waals surface area contributed by atoms with E-state index >= 15 is 0 Å². The number of hydrogen-bond acceptors (Lipinski definition) is 9. The molecule has 0 aliphatic rings. The van der Waals surface area contributed by atoms with Gasteiger partial charge in [0.25, 0.3) is 0 Å². The fourth-order valence-corrected chi connectivity index (χ4v) is 3.60. The maximum atomic E-state index is 13.2. The second-order valence-electron chi connectivity index (χ2n) is 7.73. The summed E-state index contributed by atoms with van der Waals surface area (Å²) in [4.78, 5) is 18.0. The molecule has 0 aromatic heterocycles. The molecule has 0 saturated carbocycles. The van der Waals surface area contributed by atoms with Crippen LogP contribution < -0.4 is 24.9 Å². The molecular weight excluding hydrogens is 466 g/mol. The highest BCUT2D eigenvalue weighted by Crippen LogP contribution is 2.50. The number of methoxy groups -OCH3 is 2. The Labute approximate surface area is 210 Å². The summed E-state index contributed by atoms with van der Waals surface area (Å²) >= 11 is 0. The summed E-state index contributed by atoms with van der Waals surface area (Å²) in [6, 6.07) is 20.7. The first-order valence-electron chi connectivity index (χ1n) is 11.4. The van der Waals surface area contributed by atoms with Gasteiger partial charge in [0.2, 0.25) is 17.2 Å². The Morgan fingerprint density at radius 1 is 0.806 bits per heavy atom. The Kier molecular flexibility index (Phi) is 10.4. The van der Waals surface area contributed by atoms with Gasteiger partial charge in [-0.05, 0) is 11.1 Å². The highest BCUT2D eigenvalue weighted by Gasteiger charge is 2.26. The first-order chi connectivity index (χ1) is 17.6. The molecule has 9 heteroatoms. The minimum Gasteiger partial charge on any atom is -0.502 e. The van der Waals surface area contributed by atoms with Crippen molar-refractivity contribution in [1.29, 1.82) is 0 Å². The molecule has 0 saturated heterocycles. The van der Waals surface area contributed by atoms with E-state index < -0.39 is 11.7 Å². The van der Waals surface area contributed by atoms with Gasteiger partial charge >= 0.3 is 5.97 Å². The molecule has 0 aliphatic heterocycles. The molecule has 3 aromatic rings. The lowest BCUT2D eigenvalue weighted by molar-refractivity contribution is -0.134. The third-order valence-corrected chi connectivity index (χ3v) is 5.33. The number of carbonyl (C=O) groups excluding carboxylic acids is 1. The zero-order valence-electron chi connectivity index (χ0n) is 20.3. The molecule has 192 valence electrons. The van der Waals surface area contributed by atoms with Crippen LogP contribution in [0.1, 0.15) is 23.5 Å². The Bertz CT molecular complexity index is 1050. The summed E-state index contributed by atoms with van der Waals surface area (Å²) in [6.07, 6.45) is 0.0467. The number of phenolic OH excluding ortho intramolecular Hbond substituents is 1. The molecule has 0 aliphatic carbocycles. The van der Waals surface area contributed by atoms with E-state index in [1.54, 1.807) is 0 Å². The number of phenols is 1. The largest absolute Gasteiger partial charge is 0.502 e. The van der Waals surface area contributed by atoms with Crippen molar-refractivity contribution in [2.75, 3.05) is 40.6 Å². The topological polar surface area (TPSA) is 119 Å². The smallest absolute Gasteiger partial charge is 0.312 e. The number of carbonyl (C=O) groups is 1. The molecular formula is C27H31NO8. The van der Waals surface area contributed by atoms with Gasteiger partial charge in [0.1, 0.15) is 13.2 Å². The molecule has 0 fully saturated rings. The van der Waals surface area contributed by atoms with E-state index in [2.05, 4.69) is 0 Å². The minimum atomic E-state index is -0.527. The maximum Gasteiger partial charge on any atom is 0.312 e. The Morgan fingerprint density at radius 3 is 1.83 bits per heavy atom. The Hall–Kier alpha value is -3.79. The number of aromatic hydroxyl groups is 1. The zero-order chi connectivity index (χ0) is 25.8. The van der Waals surface area contributed by atoms with Gasteiger partial charge in [-0.3, -0.25) is 4.79 Å². The highest BCUT2D eigenvalue weighted by atomic mass is 16.6. The van der Waals surface area contributed by atoms with Crippen molar-refractivity contribution in [2.24, 2.45) is 5.90 Å². The van der Waals surface area contributed by atoms with E-state index in [0.717, 1.165) is 11.1 Å². The van der Waals surface area contributed by atoms with Gasteiger partial charge in [0.05, 0.1) is 19.6 Å². The molecule has 3 N–H and O–H groups in total. The van der Waals surface area contributed by atoms with Crippen LogP contribution in [-0.2, 0) is 14.3 Å². The van der Waals surface area contributed by atoms with Crippen LogP contribution in [-0.4, -0.2) is 51.7 Å². The molecule has 0 amide bonds. The van der Waals surface area contributed by atoms with Crippen LogP contribution in [0.4, 0.5) is 0 Å². The fraction of sp³-hybridized carbons (Fsp3) is 0.296. The van der Waals surface area contributed by atoms with E-state index in [-0.39, 0.29) is 61.8 Å². The summed E-state index contributed by atoms with van der Waals surface area (Å²) in [5.41, 5.74) is 1.94. The van der Waals surface area contributed by atoms with Gasteiger partial charge in [0.15, 0.2) is 11.5 Å². The molecule has 3 rings (SSSR count). The lowest BCUT2D eigenvalue weighted by atomic mass is 9.88. The van der Waals surface area contributed by atoms with Crippen molar-refractivity contribution >= 4 is 5.97 Å². The minimum absolute atomic E-state index is 0.0124. The van der Waals surface area contributed by atoms with E-state index in [1.807, 2.05) is 60.7 Å². The lowest BCUT2D eigenvalue weighted by Crippen LogP contribution is -2.16. The molecule has 0 heterocycles. The zero-order valence-corrected chi connectivity index (χ0v) is 20.3. The van der Waals surface area contributed by atoms with Crippen LogP contribution in [0.25, 0.3) is 0 Å². The third kappa shape index (κ3) is 7.11. The lowest BCUT2D eigenvalue weighted by Gasteiger charge is -2.20. The second-order valence-corrected chi connectivity index (χ2v) is 7.73. The van der Waals surface area contributed by atoms with Crippen LogP contribution in [0.2, 0.25) is 0 Å². The average Bonchev–Trinajstić information content (AvgIpc) is 2.91. The molecule has 0 radical (unpaired) electrons. The van der Waals surface area contributed by atoms with Crippen molar-refractivity contribution in [3.8, 4) is 28.7 Å². The van der Waals surface area contributed by atoms with Crippen LogP contribution in [0, 0.1) is 0 Å².